The first kappa shape index (κ1) is 18.7. The number of carbonyl (C=O) groups excluding carboxylic acids is 1. The van der Waals surface area contributed by atoms with Gasteiger partial charge in [-0.3, -0.25) is 15.1 Å². The first-order valence-electron chi connectivity index (χ1n) is 8.44. The van der Waals surface area contributed by atoms with Crippen molar-refractivity contribution in [3.8, 4) is 11.3 Å². The molecule has 1 amide bonds. The van der Waals surface area contributed by atoms with E-state index in [0.29, 0.717) is 27.7 Å². The molecular weight excluding hydrogens is 395 g/mol. The fraction of sp³-hybridized carbons (Fsp3) is 0. The summed E-state index contributed by atoms with van der Waals surface area (Å²) >= 11 is 0.976. The van der Waals surface area contributed by atoms with Gasteiger partial charge >= 0.3 is 5.97 Å². The summed E-state index contributed by atoms with van der Waals surface area (Å²) in [6.07, 6.45) is 1.52. The highest BCUT2D eigenvalue weighted by Crippen LogP contribution is 2.36. The maximum Gasteiger partial charge on any atom is 0.335 e. The van der Waals surface area contributed by atoms with Crippen molar-refractivity contribution >= 4 is 40.6 Å². The first-order chi connectivity index (χ1) is 13.9. The highest BCUT2D eigenvalue weighted by molar-refractivity contribution is 8.19. The van der Waals surface area contributed by atoms with Crippen molar-refractivity contribution in [1.82, 2.24) is 0 Å². The van der Waals surface area contributed by atoms with E-state index in [4.69, 9.17) is 14.9 Å². The minimum absolute atomic E-state index is 0.00815. The summed E-state index contributed by atoms with van der Waals surface area (Å²) in [7, 11) is 0. The molecule has 1 aliphatic heterocycles. The molecule has 0 radical (unpaired) electrons. The lowest BCUT2D eigenvalue weighted by Gasteiger charge is -2.13. The van der Waals surface area contributed by atoms with Crippen molar-refractivity contribution < 1.29 is 23.5 Å². The zero-order valence-electron chi connectivity index (χ0n) is 14.8. The van der Waals surface area contributed by atoms with Crippen LogP contribution in [0.5, 0.6) is 0 Å². The lowest BCUT2D eigenvalue weighted by molar-refractivity contribution is -0.113. The van der Waals surface area contributed by atoms with E-state index >= 15 is 0 Å². The standard InChI is InChI=1S/C21H13FN2O4S/c22-14-4-6-15(7-5-14)24-19(25)18(29-21(24)23)11-16-8-9-17(28-16)12-2-1-3-13(10-12)20(26)27/h1-11,23H,(H,26,27). The number of anilines is 1. The molecule has 8 heteroatoms. The largest absolute Gasteiger partial charge is 0.478 e. The third kappa shape index (κ3) is 3.70. The fourth-order valence-corrected chi connectivity index (χ4v) is 3.67. The number of hydrogen-bond donors (Lipinski definition) is 2. The molecule has 144 valence electrons. The summed E-state index contributed by atoms with van der Waals surface area (Å²) in [6, 6.07) is 15.0. The summed E-state index contributed by atoms with van der Waals surface area (Å²) in [5.41, 5.74) is 1.15. The molecule has 0 aliphatic carbocycles. The van der Waals surface area contributed by atoms with Gasteiger partial charge in [-0.25, -0.2) is 9.18 Å². The molecule has 0 atom stereocenters. The molecule has 0 saturated carbocycles. The molecule has 4 rings (SSSR count). The fourth-order valence-electron chi connectivity index (χ4n) is 2.83. The van der Waals surface area contributed by atoms with Crippen molar-refractivity contribution in [3.63, 3.8) is 0 Å². The van der Waals surface area contributed by atoms with Crippen molar-refractivity contribution in [2.45, 2.75) is 0 Å². The van der Waals surface area contributed by atoms with Gasteiger partial charge in [-0.15, -0.1) is 0 Å². The first-order valence-corrected chi connectivity index (χ1v) is 9.26. The minimum atomic E-state index is -1.03. The van der Waals surface area contributed by atoms with Gasteiger partial charge in [0, 0.05) is 11.6 Å². The topological polar surface area (TPSA) is 94.6 Å². The van der Waals surface area contributed by atoms with Crippen LogP contribution in [0.2, 0.25) is 0 Å². The van der Waals surface area contributed by atoms with Crippen LogP contribution in [-0.2, 0) is 4.79 Å². The van der Waals surface area contributed by atoms with E-state index in [2.05, 4.69) is 0 Å². The van der Waals surface area contributed by atoms with Gasteiger partial charge < -0.3 is 9.52 Å². The smallest absolute Gasteiger partial charge is 0.335 e. The number of carboxylic acid groups (broad SMARTS) is 1. The van der Waals surface area contributed by atoms with E-state index in [1.807, 2.05) is 0 Å². The van der Waals surface area contributed by atoms with Gasteiger partial charge in [0.05, 0.1) is 16.2 Å². The Balaban J connectivity index is 1.60. The van der Waals surface area contributed by atoms with Crippen LogP contribution in [0.25, 0.3) is 17.4 Å². The number of halogens is 1. The van der Waals surface area contributed by atoms with Crippen LogP contribution in [0, 0.1) is 11.2 Å². The van der Waals surface area contributed by atoms with E-state index in [1.165, 1.54) is 47.4 Å². The number of carboxylic acids is 1. The average molecular weight is 408 g/mol. The second kappa shape index (κ2) is 7.40. The molecule has 6 nitrogen and oxygen atoms in total. The molecular formula is C21H13FN2O4S. The van der Waals surface area contributed by atoms with E-state index in [1.54, 1.807) is 24.3 Å². The Hall–Kier alpha value is -3.65. The van der Waals surface area contributed by atoms with E-state index in [0.717, 1.165) is 11.8 Å². The molecule has 1 saturated heterocycles. The van der Waals surface area contributed by atoms with Crippen LogP contribution in [0.15, 0.2) is 70.0 Å². The number of carbonyl (C=O) groups is 2. The number of furan rings is 1. The van der Waals surface area contributed by atoms with Crippen LogP contribution in [0.4, 0.5) is 10.1 Å². The number of thioether (sulfide) groups is 1. The van der Waals surface area contributed by atoms with Crippen molar-refractivity contribution in [2.24, 2.45) is 0 Å². The monoisotopic (exact) mass is 408 g/mol. The average Bonchev–Trinajstić information content (AvgIpc) is 3.28. The second-order valence-corrected chi connectivity index (χ2v) is 7.15. The Morgan fingerprint density at radius 3 is 2.62 bits per heavy atom. The Kier molecular flexibility index (Phi) is 4.77. The van der Waals surface area contributed by atoms with Crippen molar-refractivity contribution in [2.75, 3.05) is 4.90 Å². The van der Waals surface area contributed by atoms with Crippen LogP contribution in [-0.4, -0.2) is 22.2 Å². The van der Waals surface area contributed by atoms with Crippen LogP contribution in [0.3, 0.4) is 0 Å². The molecule has 1 aliphatic rings. The summed E-state index contributed by atoms with van der Waals surface area (Å²) < 4.78 is 18.9. The molecule has 1 aromatic heterocycles. The van der Waals surface area contributed by atoms with Gasteiger partial charge in [0.15, 0.2) is 5.17 Å². The third-order valence-corrected chi connectivity index (χ3v) is 5.09. The molecule has 2 aromatic carbocycles. The highest BCUT2D eigenvalue weighted by Gasteiger charge is 2.33. The lowest BCUT2D eigenvalue weighted by atomic mass is 10.1. The molecule has 29 heavy (non-hydrogen) atoms. The summed E-state index contributed by atoms with van der Waals surface area (Å²) in [4.78, 5) is 25.3. The van der Waals surface area contributed by atoms with E-state index in [-0.39, 0.29) is 10.7 Å². The Labute approximate surface area is 168 Å². The van der Waals surface area contributed by atoms with Gasteiger partial charge in [-0.2, -0.15) is 0 Å². The maximum atomic E-state index is 13.1. The number of hydrogen-bond acceptors (Lipinski definition) is 5. The number of benzene rings is 2. The van der Waals surface area contributed by atoms with Gasteiger partial charge in [-0.1, -0.05) is 12.1 Å². The number of rotatable bonds is 4. The number of amides is 1. The van der Waals surface area contributed by atoms with Crippen molar-refractivity contribution in [3.05, 3.63) is 82.7 Å². The van der Waals surface area contributed by atoms with Crippen LogP contribution in [0.1, 0.15) is 16.1 Å². The lowest BCUT2D eigenvalue weighted by Crippen LogP contribution is -2.28. The van der Waals surface area contributed by atoms with Gasteiger partial charge in [0.2, 0.25) is 0 Å². The molecule has 0 unspecified atom stereocenters. The normalized spacial score (nSPS) is 15.3. The molecule has 0 spiro atoms. The van der Waals surface area contributed by atoms with Gasteiger partial charge in [0.1, 0.15) is 17.3 Å². The number of nitrogens with zero attached hydrogens (tertiary/aromatic N) is 1. The number of nitrogens with one attached hydrogen (secondary N) is 1. The minimum Gasteiger partial charge on any atom is -0.478 e. The second-order valence-electron chi connectivity index (χ2n) is 6.12. The molecule has 1 fully saturated rings. The Morgan fingerprint density at radius 2 is 1.90 bits per heavy atom. The SMILES string of the molecule is N=C1SC(=Cc2ccc(-c3cccc(C(=O)O)c3)o2)C(=O)N1c1ccc(F)cc1. The predicted molar refractivity (Wildman–Crippen MR) is 108 cm³/mol. The highest BCUT2D eigenvalue weighted by atomic mass is 32.2. The Bertz CT molecular complexity index is 1170. The number of amidine groups is 1. The zero-order chi connectivity index (χ0) is 20.5. The third-order valence-electron chi connectivity index (χ3n) is 4.20. The van der Waals surface area contributed by atoms with Gasteiger partial charge in [0.25, 0.3) is 5.91 Å². The molecule has 2 N–H and O–H groups in total. The predicted octanol–water partition coefficient (Wildman–Crippen LogP) is 4.84. The van der Waals surface area contributed by atoms with E-state index < -0.39 is 17.7 Å². The number of aromatic carboxylic acids is 1. The summed E-state index contributed by atoms with van der Waals surface area (Å²) in [6.45, 7) is 0. The summed E-state index contributed by atoms with van der Waals surface area (Å²) in [5, 5.41) is 17.2. The van der Waals surface area contributed by atoms with Gasteiger partial charge in [-0.05, 0) is 60.3 Å². The van der Waals surface area contributed by atoms with Crippen molar-refractivity contribution in [1.29, 1.82) is 5.41 Å². The Morgan fingerprint density at radius 1 is 1.14 bits per heavy atom. The van der Waals surface area contributed by atoms with Crippen LogP contribution < -0.4 is 4.90 Å². The van der Waals surface area contributed by atoms with Crippen LogP contribution >= 0.6 is 11.8 Å². The summed E-state index contributed by atoms with van der Waals surface area (Å²) in [5.74, 6) is -1.01. The quantitative estimate of drug-likeness (QED) is 0.603. The molecule has 2 heterocycles. The molecule has 3 aromatic rings. The van der Waals surface area contributed by atoms with E-state index in [9.17, 15) is 14.0 Å². The molecule has 0 bridgehead atoms. The maximum absolute atomic E-state index is 13.1. The zero-order valence-corrected chi connectivity index (χ0v) is 15.6.